The predicted molar refractivity (Wildman–Crippen MR) is 119 cm³/mol. The monoisotopic (exact) mass is 424 g/mol. The first-order valence-corrected chi connectivity index (χ1v) is 10.8. The number of sulfonamides is 1. The van der Waals surface area contributed by atoms with Crippen LogP contribution < -0.4 is 14.4 Å². The minimum Gasteiger partial charge on any atom is -0.497 e. The highest BCUT2D eigenvalue weighted by atomic mass is 32.2. The van der Waals surface area contributed by atoms with Crippen molar-refractivity contribution in [3.8, 4) is 5.75 Å². The fourth-order valence-corrected chi connectivity index (χ4v) is 4.19. The van der Waals surface area contributed by atoms with Crippen molar-refractivity contribution in [1.82, 2.24) is 0 Å². The van der Waals surface area contributed by atoms with Crippen molar-refractivity contribution in [2.24, 2.45) is 0 Å². The molecule has 0 aliphatic rings. The van der Waals surface area contributed by atoms with E-state index in [2.05, 4.69) is 5.32 Å². The number of methoxy groups -OCH3 is 1. The Morgan fingerprint density at radius 3 is 2.33 bits per heavy atom. The number of carbonyl (C=O) groups is 1. The third kappa shape index (κ3) is 4.46. The predicted octanol–water partition coefficient (Wildman–Crippen LogP) is 4.39. The van der Waals surface area contributed by atoms with Gasteiger partial charge in [-0.1, -0.05) is 18.2 Å². The minimum atomic E-state index is -3.84. The molecule has 3 aromatic carbocycles. The molecular weight excluding hydrogens is 400 g/mol. The summed E-state index contributed by atoms with van der Waals surface area (Å²) in [6.45, 7) is 3.84. The molecule has 7 heteroatoms. The Kier molecular flexibility index (Phi) is 6.12. The Hall–Kier alpha value is -3.32. The van der Waals surface area contributed by atoms with Crippen LogP contribution in [0.5, 0.6) is 5.75 Å². The van der Waals surface area contributed by atoms with Gasteiger partial charge in [0.1, 0.15) is 5.75 Å². The Labute approximate surface area is 177 Å². The number of rotatable bonds is 6. The van der Waals surface area contributed by atoms with Gasteiger partial charge in [-0.3, -0.25) is 9.10 Å². The second-order valence-corrected chi connectivity index (χ2v) is 8.94. The van der Waals surface area contributed by atoms with Crippen LogP contribution in [0.1, 0.15) is 21.5 Å². The third-order valence-corrected chi connectivity index (χ3v) is 6.61. The summed E-state index contributed by atoms with van der Waals surface area (Å²) in [4.78, 5) is 12.8. The van der Waals surface area contributed by atoms with Crippen LogP contribution in [-0.4, -0.2) is 28.5 Å². The van der Waals surface area contributed by atoms with E-state index in [-0.39, 0.29) is 16.4 Å². The highest BCUT2D eigenvalue weighted by Crippen LogP contribution is 2.25. The maximum Gasteiger partial charge on any atom is 0.264 e. The molecule has 0 saturated carbocycles. The van der Waals surface area contributed by atoms with Gasteiger partial charge in [-0.05, 0) is 73.5 Å². The van der Waals surface area contributed by atoms with Crippen molar-refractivity contribution in [1.29, 1.82) is 0 Å². The number of carbonyl (C=O) groups excluding carboxylic acids is 1. The summed E-state index contributed by atoms with van der Waals surface area (Å²) >= 11 is 0. The van der Waals surface area contributed by atoms with Crippen LogP contribution in [0, 0.1) is 13.8 Å². The van der Waals surface area contributed by atoms with Crippen LogP contribution in [0.25, 0.3) is 0 Å². The molecule has 0 radical (unpaired) electrons. The summed E-state index contributed by atoms with van der Waals surface area (Å²) in [5.74, 6) is 0.266. The maximum absolute atomic E-state index is 13.1. The van der Waals surface area contributed by atoms with E-state index in [1.165, 1.54) is 23.5 Å². The number of anilines is 2. The first-order chi connectivity index (χ1) is 14.2. The molecule has 0 unspecified atom stereocenters. The largest absolute Gasteiger partial charge is 0.497 e. The molecule has 0 aliphatic carbocycles. The number of benzene rings is 3. The molecule has 0 aromatic heterocycles. The van der Waals surface area contributed by atoms with Gasteiger partial charge in [0, 0.05) is 18.3 Å². The number of amides is 1. The number of nitrogens with zero attached hydrogens (tertiary/aromatic N) is 1. The summed E-state index contributed by atoms with van der Waals surface area (Å²) in [5.41, 5.74) is 3.40. The highest BCUT2D eigenvalue weighted by Gasteiger charge is 2.22. The lowest BCUT2D eigenvalue weighted by Gasteiger charge is -2.20. The van der Waals surface area contributed by atoms with Crippen LogP contribution in [0.3, 0.4) is 0 Å². The molecule has 0 saturated heterocycles. The molecular formula is C23H24N2O4S. The van der Waals surface area contributed by atoms with Gasteiger partial charge in [-0.25, -0.2) is 8.42 Å². The number of nitrogens with one attached hydrogen (secondary N) is 1. The van der Waals surface area contributed by atoms with Gasteiger partial charge in [0.15, 0.2) is 0 Å². The van der Waals surface area contributed by atoms with Crippen molar-refractivity contribution in [3.63, 3.8) is 0 Å². The zero-order chi connectivity index (χ0) is 21.9. The van der Waals surface area contributed by atoms with Crippen molar-refractivity contribution in [3.05, 3.63) is 83.4 Å². The van der Waals surface area contributed by atoms with Crippen molar-refractivity contribution in [2.75, 3.05) is 23.8 Å². The Bertz CT molecular complexity index is 1170. The van der Waals surface area contributed by atoms with Crippen molar-refractivity contribution in [2.45, 2.75) is 18.7 Å². The Balaban J connectivity index is 1.87. The minimum absolute atomic E-state index is 0.0365. The summed E-state index contributed by atoms with van der Waals surface area (Å²) < 4.78 is 32.5. The lowest BCUT2D eigenvalue weighted by Crippen LogP contribution is -2.26. The smallest absolute Gasteiger partial charge is 0.264 e. The molecule has 3 aromatic rings. The van der Waals surface area contributed by atoms with Crippen molar-refractivity contribution < 1.29 is 17.9 Å². The van der Waals surface area contributed by atoms with Gasteiger partial charge in [-0.15, -0.1) is 0 Å². The van der Waals surface area contributed by atoms with Crippen molar-refractivity contribution >= 4 is 27.3 Å². The van der Waals surface area contributed by atoms with E-state index in [0.29, 0.717) is 17.1 Å². The molecule has 0 heterocycles. The van der Waals surface area contributed by atoms with Gasteiger partial charge in [0.2, 0.25) is 0 Å². The van der Waals surface area contributed by atoms with Gasteiger partial charge in [-0.2, -0.15) is 0 Å². The first-order valence-electron chi connectivity index (χ1n) is 9.34. The van der Waals surface area contributed by atoms with E-state index in [9.17, 15) is 13.2 Å². The van der Waals surface area contributed by atoms with Gasteiger partial charge >= 0.3 is 0 Å². The lowest BCUT2D eigenvalue weighted by molar-refractivity contribution is 0.102. The molecule has 0 spiro atoms. The fourth-order valence-electron chi connectivity index (χ4n) is 2.95. The van der Waals surface area contributed by atoms with Crippen LogP contribution in [-0.2, 0) is 10.0 Å². The number of hydrogen-bond acceptors (Lipinski definition) is 4. The van der Waals surface area contributed by atoms with E-state index < -0.39 is 10.0 Å². The molecule has 3 rings (SSSR count). The highest BCUT2D eigenvalue weighted by molar-refractivity contribution is 7.92. The van der Waals surface area contributed by atoms with E-state index in [4.69, 9.17) is 4.74 Å². The van der Waals surface area contributed by atoms with E-state index in [1.54, 1.807) is 43.5 Å². The van der Waals surface area contributed by atoms with Crippen LogP contribution >= 0.6 is 0 Å². The van der Waals surface area contributed by atoms with E-state index in [0.717, 1.165) is 11.1 Å². The SMILES string of the molecule is COc1ccc(N(C)S(=O)(=O)c2cccc(C(=O)Nc3cc(C)ccc3C)c2)cc1. The summed E-state index contributed by atoms with van der Waals surface area (Å²) in [5, 5.41) is 2.86. The molecule has 1 amide bonds. The molecule has 0 fully saturated rings. The molecule has 0 atom stereocenters. The number of aryl methyl sites for hydroxylation is 2. The summed E-state index contributed by atoms with van der Waals surface area (Å²) in [6.07, 6.45) is 0. The number of ether oxygens (including phenoxy) is 1. The molecule has 6 nitrogen and oxygen atoms in total. The van der Waals surface area contributed by atoms with E-state index in [1.807, 2.05) is 32.0 Å². The lowest BCUT2D eigenvalue weighted by atomic mass is 10.1. The van der Waals surface area contributed by atoms with Crippen LogP contribution in [0.4, 0.5) is 11.4 Å². The zero-order valence-corrected chi connectivity index (χ0v) is 18.2. The molecule has 30 heavy (non-hydrogen) atoms. The molecule has 1 N–H and O–H groups in total. The average Bonchev–Trinajstić information content (AvgIpc) is 2.75. The second kappa shape index (κ2) is 8.59. The fraction of sp³-hybridized carbons (Fsp3) is 0.174. The summed E-state index contributed by atoms with van der Waals surface area (Å²) in [7, 11) is -0.825. The van der Waals surface area contributed by atoms with Gasteiger partial charge in [0.25, 0.3) is 15.9 Å². The average molecular weight is 425 g/mol. The molecule has 0 aliphatic heterocycles. The van der Waals surface area contributed by atoms with Crippen LogP contribution in [0.2, 0.25) is 0 Å². The quantitative estimate of drug-likeness (QED) is 0.637. The zero-order valence-electron chi connectivity index (χ0n) is 17.3. The molecule has 156 valence electrons. The topological polar surface area (TPSA) is 75.7 Å². The first kappa shape index (κ1) is 21.4. The standard InChI is InChI=1S/C23H24N2O4S/c1-16-8-9-17(2)22(14-16)24-23(26)18-6-5-7-21(15-18)30(27,28)25(3)19-10-12-20(29-4)13-11-19/h5-15H,1-4H3,(H,24,26). The second-order valence-electron chi connectivity index (χ2n) is 6.97. The number of hydrogen-bond donors (Lipinski definition) is 1. The molecule has 0 bridgehead atoms. The van der Waals surface area contributed by atoms with Crippen LogP contribution in [0.15, 0.2) is 71.6 Å². The Morgan fingerprint density at radius 1 is 0.967 bits per heavy atom. The summed E-state index contributed by atoms with van der Waals surface area (Å²) in [6, 6.07) is 18.5. The van der Waals surface area contributed by atoms with Gasteiger partial charge in [0.05, 0.1) is 17.7 Å². The van der Waals surface area contributed by atoms with Gasteiger partial charge < -0.3 is 10.1 Å². The maximum atomic E-state index is 13.1. The van der Waals surface area contributed by atoms with E-state index >= 15 is 0 Å². The third-order valence-electron chi connectivity index (χ3n) is 4.83. The Morgan fingerprint density at radius 2 is 1.67 bits per heavy atom. The normalized spacial score (nSPS) is 11.1.